The molecule has 1 atom stereocenters. The first-order chi connectivity index (χ1) is 14.1. The van der Waals surface area contributed by atoms with Crippen molar-refractivity contribution in [3.63, 3.8) is 0 Å². The van der Waals surface area contributed by atoms with Gasteiger partial charge in [-0.3, -0.25) is 14.5 Å². The predicted molar refractivity (Wildman–Crippen MR) is 114 cm³/mol. The van der Waals surface area contributed by atoms with Crippen LogP contribution < -0.4 is 5.32 Å². The highest BCUT2D eigenvalue weighted by atomic mass is 16.2. The molecule has 2 amide bonds. The van der Waals surface area contributed by atoms with Gasteiger partial charge in [0.15, 0.2) is 0 Å². The molecule has 2 aliphatic heterocycles. The summed E-state index contributed by atoms with van der Waals surface area (Å²) in [5.74, 6) is 0.761. The van der Waals surface area contributed by atoms with Crippen LogP contribution in [0, 0.1) is 11.8 Å². The van der Waals surface area contributed by atoms with Crippen LogP contribution in [0.3, 0.4) is 0 Å². The summed E-state index contributed by atoms with van der Waals surface area (Å²) in [6, 6.07) is 9.35. The average Bonchev–Trinajstić information content (AvgIpc) is 3.60. The van der Waals surface area contributed by atoms with Gasteiger partial charge in [-0.25, -0.2) is 0 Å². The molecule has 0 radical (unpaired) electrons. The van der Waals surface area contributed by atoms with Crippen LogP contribution in [-0.2, 0) is 22.7 Å². The maximum absolute atomic E-state index is 12.5. The van der Waals surface area contributed by atoms with Crippen LogP contribution in [-0.4, -0.2) is 47.3 Å². The molecule has 1 aliphatic carbocycles. The summed E-state index contributed by atoms with van der Waals surface area (Å²) < 4.78 is 0. The second-order valence-corrected chi connectivity index (χ2v) is 9.22. The van der Waals surface area contributed by atoms with Gasteiger partial charge in [-0.1, -0.05) is 30.7 Å². The van der Waals surface area contributed by atoms with Crippen molar-refractivity contribution in [2.24, 2.45) is 11.8 Å². The molecule has 4 rings (SSSR count). The lowest BCUT2D eigenvalue weighted by atomic mass is 9.95. The molecule has 29 heavy (non-hydrogen) atoms. The molecule has 1 aromatic rings. The maximum Gasteiger partial charge on any atom is 0.225 e. The molecular weight excluding hydrogens is 362 g/mol. The Hall–Kier alpha value is -1.88. The van der Waals surface area contributed by atoms with E-state index in [1.807, 2.05) is 4.90 Å². The molecule has 0 aromatic heterocycles. The summed E-state index contributed by atoms with van der Waals surface area (Å²) in [7, 11) is 0. The van der Waals surface area contributed by atoms with E-state index in [0.717, 1.165) is 50.9 Å². The van der Waals surface area contributed by atoms with Gasteiger partial charge in [-0.2, -0.15) is 0 Å². The van der Waals surface area contributed by atoms with Crippen molar-refractivity contribution in [3.05, 3.63) is 35.4 Å². The normalized spacial score (nSPS) is 23.8. The molecule has 0 bridgehead atoms. The third-order valence-corrected chi connectivity index (χ3v) is 6.92. The fraction of sp³-hybridized carbons (Fsp3) is 0.667. The van der Waals surface area contributed by atoms with Crippen molar-refractivity contribution in [1.29, 1.82) is 0 Å². The summed E-state index contributed by atoms with van der Waals surface area (Å²) in [5, 5.41) is 3.10. The number of rotatable bonds is 6. The maximum atomic E-state index is 12.5. The average molecular weight is 398 g/mol. The van der Waals surface area contributed by atoms with Gasteiger partial charge in [0.25, 0.3) is 0 Å². The van der Waals surface area contributed by atoms with Gasteiger partial charge >= 0.3 is 0 Å². The monoisotopic (exact) mass is 397 g/mol. The molecule has 1 unspecified atom stereocenters. The van der Waals surface area contributed by atoms with E-state index in [1.54, 1.807) is 0 Å². The smallest absolute Gasteiger partial charge is 0.225 e. The molecular formula is C24H35N3O2. The number of piperidine rings is 2. The van der Waals surface area contributed by atoms with Crippen molar-refractivity contribution in [1.82, 2.24) is 15.1 Å². The lowest BCUT2D eigenvalue weighted by Crippen LogP contribution is -2.43. The minimum Gasteiger partial charge on any atom is -0.352 e. The number of benzene rings is 1. The van der Waals surface area contributed by atoms with Gasteiger partial charge in [0.1, 0.15) is 0 Å². The van der Waals surface area contributed by atoms with E-state index in [0.29, 0.717) is 18.5 Å². The summed E-state index contributed by atoms with van der Waals surface area (Å²) >= 11 is 0. The van der Waals surface area contributed by atoms with Gasteiger partial charge in [0.2, 0.25) is 11.8 Å². The summed E-state index contributed by atoms with van der Waals surface area (Å²) in [5.41, 5.74) is 2.50. The standard InChI is InChI=1S/C24H35N3O2/c1-18-4-2-3-13-27(18)17-20-7-5-19(6-8-20)16-25-23(28)21-11-14-26(15-12-21)24(29)22-9-10-22/h5-8,18,21-22H,2-4,9-17H2,1H3,(H,25,28). The molecule has 5 nitrogen and oxygen atoms in total. The molecule has 2 heterocycles. The lowest BCUT2D eigenvalue weighted by Gasteiger charge is -2.33. The van der Waals surface area contributed by atoms with Crippen LogP contribution in [0.5, 0.6) is 0 Å². The Morgan fingerprint density at radius 1 is 0.897 bits per heavy atom. The molecule has 1 N–H and O–H groups in total. The Morgan fingerprint density at radius 3 is 2.24 bits per heavy atom. The fourth-order valence-corrected chi connectivity index (χ4v) is 4.67. The Balaban J connectivity index is 1.20. The van der Waals surface area contributed by atoms with Gasteiger partial charge in [0.05, 0.1) is 0 Å². The highest BCUT2D eigenvalue weighted by Gasteiger charge is 2.35. The second kappa shape index (κ2) is 9.29. The van der Waals surface area contributed by atoms with E-state index in [9.17, 15) is 9.59 Å². The first kappa shape index (κ1) is 20.4. The van der Waals surface area contributed by atoms with E-state index in [2.05, 4.69) is 41.4 Å². The Kier molecular flexibility index (Phi) is 6.53. The van der Waals surface area contributed by atoms with Crippen LogP contribution in [0.4, 0.5) is 0 Å². The third kappa shape index (κ3) is 5.39. The van der Waals surface area contributed by atoms with Crippen LogP contribution in [0.1, 0.15) is 63.0 Å². The fourth-order valence-electron chi connectivity index (χ4n) is 4.67. The Bertz CT molecular complexity index is 705. The Morgan fingerprint density at radius 2 is 1.59 bits per heavy atom. The van der Waals surface area contributed by atoms with Crippen LogP contribution in [0.15, 0.2) is 24.3 Å². The SMILES string of the molecule is CC1CCCCN1Cc1ccc(CNC(=O)C2CCN(C(=O)C3CC3)CC2)cc1. The van der Waals surface area contributed by atoms with Gasteiger partial charge in [-0.05, 0) is 63.1 Å². The minimum atomic E-state index is 0.0399. The second-order valence-electron chi connectivity index (χ2n) is 9.22. The van der Waals surface area contributed by atoms with E-state index < -0.39 is 0 Å². The minimum absolute atomic E-state index is 0.0399. The van der Waals surface area contributed by atoms with E-state index in [-0.39, 0.29) is 17.7 Å². The van der Waals surface area contributed by atoms with E-state index in [4.69, 9.17) is 0 Å². The van der Waals surface area contributed by atoms with E-state index >= 15 is 0 Å². The first-order valence-electron chi connectivity index (χ1n) is 11.5. The number of amides is 2. The predicted octanol–water partition coefficient (Wildman–Crippen LogP) is 3.33. The van der Waals surface area contributed by atoms with Gasteiger partial charge in [0, 0.05) is 44.1 Å². The van der Waals surface area contributed by atoms with Crippen LogP contribution in [0.25, 0.3) is 0 Å². The molecule has 1 aromatic carbocycles. The van der Waals surface area contributed by atoms with Crippen molar-refractivity contribution in [2.45, 2.75) is 71.0 Å². The first-order valence-corrected chi connectivity index (χ1v) is 11.5. The Labute approximate surface area is 174 Å². The highest BCUT2D eigenvalue weighted by molar-refractivity contribution is 5.82. The molecule has 0 spiro atoms. The van der Waals surface area contributed by atoms with Crippen molar-refractivity contribution in [3.8, 4) is 0 Å². The van der Waals surface area contributed by atoms with Gasteiger partial charge < -0.3 is 10.2 Å². The van der Waals surface area contributed by atoms with Crippen molar-refractivity contribution < 1.29 is 9.59 Å². The molecule has 1 saturated carbocycles. The number of carbonyl (C=O) groups excluding carboxylic acids is 2. The number of hydrogen-bond donors (Lipinski definition) is 1. The number of carbonyl (C=O) groups is 2. The zero-order valence-electron chi connectivity index (χ0n) is 17.7. The molecule has 2 saturated heterocycles. The third-order valence-electron chi connectivity index (χ3n) is 6.92. The lowest BCUT2D eigenvalue weighted by molar-refractivity contribution is -0.136. The molecule has 3 fully saturated rings. The number of nitrogens with one attached hydrogen (secondary N) is 1. The zero-order chi connectivity index (χ0) is 20.2. The summed E-state index contributed by atoms with van der Waals surface area (Å²) in [6.45, 7) is 6.60. The molecule has 158 valence electrons. The summed E-state index contributed by atoms with van der Waals surface area (Å²) in [6.07, 6.45) is 7.64. The largest absolute Gasteiger partial charge is 0.352 e. The zero-order valence-corrected chi connectivity index (χ0v) is 17.7. The number of likely N-dealkylation sites (tertiary alicyclic amines) is 2. The molecule has 5 heteroatoms. The highest BCUT2D eigenvalue weighted by Crippen LogP contribution is 2.32. The quantitative estimate of drug-likeness (QED) is 0.801. The van der Waals surface area contributed by atoms with E-state index in [1.165, 1.54) is 31.4 Å². The van der Waals surface area contributed by atoms with Crippen molar-refractivity contribution >= 4 is 11.8 Å². The van der Waals surface area contributed by atoms with Crippen LogP contribution in [0.2, 0.25) is 0 Å². The summed E-state index contributed by atoms with van der Waals surface area (Å²) in [4.78, 5) is 29.2. The number of nitrogens with zero attached hydrogens (tertiary/aromatic N) is 2. The van der Waals surface area contributed by atoms with Crippen molar-refractivity contribution in [2.75, 3.05) is 19.6 Å². The van der Waals surface area contributed by atoms with Gasteiger partial charge in [-0.15, -0.1) is 0 Å². The molecule has 3 aliphatic rings. The van der Waals surface area contributed by atoms with Crippen LogP contribution >= 0.6 is 0 Å². The topological polar surface area (TPSA) is 52.7 Å². The number of hydrogen-bond acceptors (Lipinski definition) is 3.